The Morgan fingerprint density at radius 2 is 2.11 bits per heavy atom. The number of rotatable bonds is 4. The molecule has 0 saturated heterocycles. The van der Waals surface area contributed by atoms with E-state index in [1.54, 1.807) is 17.6 Å². The highest BCUT2D eigenvalue weighted by atomic mass is 32.1. The first-order valence-electron chi connectivity index (χ1n) is 6.49. The quantitative estimate of drug-likeness (QED) is 0.766. The third kappa shape index (κ3) is 2.31. The normalized spacial score (nSPS) is 12.9. The maximum Gasteiger partial charge on any atom is 0.109 e. The molecule has 1 unspecified atom stereocenters. The first-order chi connectivity index (χ1) is 9.29. The Morgan fingerprint density at radius 1 is 1.26 bits per heavy atom. The Balaban J connectivity index is 1.89. The van der Waals surface area contributed by atoms with Crippen LogP contribution in [0.1, 0.15) is 29.9 Å². The fourth-order valence-electron chi connectivity index (χ4n) is 2.44. The van der Waals surface area contributed by atoms with Gasteiger partial charge >= 0.3 is 0 Å². The van der Waals surface area contributed by atoms with E-state index in [2.05, 4.69) is 17.5 Å². The largest absolute Gasteiger partial charge is 0.469 e. The molecule has 19 heavy (non-hydrogen) atoms. The Kier molecular flexibility index (Phi) is 3.40. The molecular formula is C16H16O2S. The molecule has 3 heteroatoms. The van der Waals surface area contributed by atoms with Crippen LogP contribution in [-0.2, 0) is 12.8 Å². The molecule has 0 spiro atoms. The highest BCUT2D eigenvalue weighted by Crippen LogP contribution is 2.30. The molecule has 2 heterocycles. The predicted molar refractivity (Wildman–Crippen MR) is 78.6 cm³/mol. The van der Waals surface area contributed by atoms with E-state index in [0.717, 1.165) is 17.7 Å². The molecule has 1 aromatic carbocycles. The van der Waals surface area contributed by atoms with Crippen molar-refractivity contribution in [3.63, 3.8) is 0 Å². The molecule has 0 bridgehead atoms. The molecule has 3 rings (SSSR count). The zero-order chi connectivity index (χ0) is 13.2. The minimum absolute atomic E-state index is 0.494. The molecule has 0 fully saturated rings. The second-order valence-corrected chi connectivity index (χ2v) is 5.54. The van der Waals surface area contributed by atoms with E-state index in [0.29, 0.717) is 6.42 Å². The summed E-state index contributed by atoms with van der Waals surface area (Å²) in [7, 11) is 0. The lowest BCUT2D eigenvalue weighted by Crippen LogP contribution is -2.02. The van der Waals surface area contributed by atoms with Crippen LogP contribution in [0, 0.1) is 0 Å². The molecule has 2 aromatic heterocycles. The van der Waals surface area contributed by atoms with Crippen LogP contribution in [0.25, 0.3) is 10.1 Å². The minimum atomic E-state index is -0.494. The summed E-state index contributed by atoms with van der Waals surface area (Å²) in [6.45, 7) is 2.04. The van der Waals surface area contributed by atoms with Gasteiger partial charge in [-0.15, -0.1) is 11.3 Å². The van der Waals surface area contributed by atoms with Gasteiger partial charge in [0.25, 0.3) is 0 Å². The molecular weight excluding hydrogens is 256 g/mol. The molecule has 98 valence electrons. The van der Waals surface area contributed by atoms with Gasteiger partial charge < -0.3 is 9.52 Å². The molecule has 0 radical (unpaired) electrons. The van der Waals surface area contributed by atoms with Gasteiger partial charge in [0.15, 0.2) is 0 Å². The van der Waals surface area contributed by atoms with Crippen molar-refractivity contribution in [3.05, 3.63) is 58.9 Å². The van der Waals surface area contributed by atoms with Crippen molar-refractivity contribution in [2.45, 2.75) is 25.9 Å². The second-order valence-electron chi connectivity index (χ2n) is 4.63. The topological polar surface area (TPSA) is 33.4 Å². The zero-order valence-electron chi connectivity index (χ0n) is 10.8. The Hall–Kier alpha value is -1.58. The first kappa shape index (κ1) is 12.5. The number of furan rings is 1. The summed E-state index contributed by atoms with van der Waals surface area (Å²) < 4.78 is 6.66. The number of aliphatic hydroxyl groups is 1. The van der Waals surface area contributed by atoms with Crippen LogP contribution in [0.3, 0.4) is 0 Å². The highest BCUT2D eigenvalue weighted by Gasteiger charge is 2.16. The summed E-state index contributed by atoms with van der Waals surface area (Å²) in [6, 6.07) is 10.2. The molecule has 1 atom stereocenters. The summed E-state index contributed by atoms with van der Waals surface area (Å²) in [5, 5.41) is 13.8. The number of hydrogen-bond acceptors (Lipinski definition) is 3. The number of thiophene rings is 1. The lowest BCUT2D eigenvalue weighted by atomic mass is 10.0. The van der Waals surface area contributed by atoms with Gasteiger partial charge in [-0.25, -0.2) is 0 Å². The van der Waals surface area contributed by atoms with Gasteiger partial charge in [0.2, 0.25) is 0 Å². The SMILES string of the molecule is CCc1occc1C(O)Cc1csc2ccccc12. The van der Waals surface area contributed by atoms with Gasteiger partial charge in [-0.1, -0.05) is 25.1 Å². The van der Waals surface area contributed by atoms with Crippen molar-refractivity contribution in [1.29, 1.82) is 0 Å². The lowest BCUT2D eigenvalue weighted by molar-refractivity contribution is 0.176. The minimum Gasteiger partial charge on any atom is -0.469 e. The van der Waals surface area contributed by atoms with Crippen molar-refractivity contribution in [1.82, 2.24) is 0 Å². The predicted octanol–water partition coefficient (Wildman–Crippen LogP) is 4.33. The molecule has 0 aliphatic carbocycles. The average Bonchev–Trinajstić information content (AvgIpc) is 3.05. The summed E-state index contributed by atoms with van der Waals surface area (Å²) in [5.74, 6) is 0.882. The first-order valence-corrected chi connectivity index (χ1v) is 7.37. The number of aryl methyl sites for hydroxylation is 1. The van der Waals surface area contributed by atoms with Crippen LogP contribution in [0.2, 0.25) is 0 Å². The monoisotopic (exact) mass is 272 g/mol. The molecule has 0 aliphatic heterocycles. The number of aliphatic hydroxyl groups excluding tert-OH is 1. The van der Waals surface area contributed by atoms with Crippen molar-refractivity contribution >= 4 is 21.4 Å². The lowest BCUT2D eigenvalue weighted by Gasteiger charge is -2.09. The van der Waals surface area contributed by atoms with E-state index in [1.165, 1.54) is 15.6 Å². The number of benzene rings is 1. The fourth-order valence-corrected chi connectivity index (χ4v) is 3.42. The summed E-state index contributed by atoms with van der Waals surface area (Å²) in [5.41, 5.74) is 2.12. The van der Waals surface area contributed by atoms with Crippen molar-refractivity contribution in [2.24, 2.45) is 0 Å². The third-order valence-electron chi connectivity index (χ3n) is 3.43. The summed E-state index contributed by atoms with van der Waals surface area (Å²) in [6.07, 6.45) is 2.61. The van der Waals surface area contributed by atoms with E-state index in [9.17, 15) is 5.11 Å². The van der Waals surface area contributed by atoms with Crippen molar-refractivity contribution < 1.29 is 9.52 Å². The van der Waals surface area contributed by atoms with Gasteiger partial charge in [0.1, 0.15) is 5.76 Å². The van der Waals surface area contributed by atoms with Gasteiger partial charge in [-0.2, -0.15) is 0 Å². The summed E-state index contributed by atoms with van der Waals surface area (Å²) >= 11 is 1.73. The number of hydrogen-bond donors (Lipinski definition) is 1. The van der Waals surface area contributed by atoms with Crippen molar-refractivity contribution in [2.75, 3.05) is 0 Å². The molecule has 0 aliphatic rings. The van der Waals surface area contributed by atoms with E-state index < -0.39 is 6.10 Å². The van der Waals surface area contributed by atoms with E-state index in [4.69, 9.17) is 4.42 Å². The fraction of sp³-hybridized carbons (Fsp3) is 0.250. The molecule has 0 amide bonds. The van der Waals surface area contributed by atoms with Crippen LogP contribution in [0.5, 0.6) is 0 Å². The van der Waals surface area contributed by atoms with Crippen LogP contribution in [0.4, 0.5) is 0 Å². The van der Waals surface area contributed by atoms with Crippen LogP contribution >= 0.6 is 11.3 Å². The van der Waals surface area contributed by atoms with Crippen LogP contribution in [-0.4, -0.2) is 5.11 Å². The van der Waals surface area contributed by atoms with E-state index >= 15 is 0 Å². The van der Waals surface area contributed by atoms with E-state index in [-0.39, 0.29) is 0 Å². The maximum absolute atomic E-state index is 10.4. The van der Waals surface area contributed by atoms with Crippen LogP contribution in [0.15, 0.2) is 46.4 Å². The molecule has 0 saturated carbocycles. The third-order valence-corrected chi connectivity index (χ3v) is 4.45. The van der Waals surface area contributed by atoms with E-state index in [1.807, 2.05) is 25.1 Å². The molecule has 1 N–H and O–H groups in total. The van der Waals surface area contributed by atoms with Gasteiger partial charge in [-0.3, -0.25) is 0 Å². The smallest absolute Gasteiger partial charge is 0.109 e. The Labute approximate surface area is 116 Å². The standard InChI is InChI=1S/C16H16O2S/c1-2-15-13(7-8-18-15)14(17)9-11-10-19-16-6-4-3-5-12(11)16/h3-8,10,14,17H,2,9H2,1H3. The zero-order valence-corrected chi connectivity index (χ0v) is 11.6. The van der Waals surface area contributed by atoms with Crippen molar-refractivity contribution in [3.8, 4) is 0 Å². The highest BCUT2D eigenvalue weighted by molar-refractivity contribution is 7.17. The van der Waals surface area contributed by atoms with Crippen LogP contribution < -0.4 is 0 Å². The molecule has 2 nitrogen and oxygen atoms in total. The van der Waals surface area contributed by atoms with Gasteiger partial charge in [0, 0.05) is 23.1 Å². The molecule has 3 aromatic rings. The maximum atomic E-state index is 10.4. The Bertz CT molecular complexity index is 681. The number of fused-ring (bicyclic) bond motifs is 1. The average molecular weight is 272 g/mol. The second kappa shape index (κ2) is 5.19. The van der Waals surface area contributed by atoms with Gasteiger partial charge in [0.05, 0.1) is 12.4 Å². The van der Waals surface area contributed by atoms with Gasteiger partial charge in [-0.05, 0) is 28.5 Å². The Morgan fingerprint density at radius 3 is 2.95 bits per heavy atom. The summed E-state index contributed by atoms with van der Waals surface area (Å²) in [4.78, 5) is 0.